The van der Waals surface area contributed by atoms with E-state index in [2.05, 4.69) is 65.6 Å². The normalized spacial score (nSPS) is 22.8. The highest BCUT2D eigenvalue weighted by molar-refractivity contribution is 5.86. The molecule has 1 aliphatic carbocycles. The van der Waals surface area contributed by atoms with E-state index in [1.54, 1.807) is 0 Å². The summed E-state index contributed by atoms with van der Waals surface area (Å²) in [6.45, 7) is 0.626. The molecular weight excluding hydrogens is 474 g/mol. The number of carbonyl (C=O) groups is 2. The molecule has 5 heteroatoms. The molecule has 7 rings (SSSR count). The van der Waals surface area contributed by atoms with Gasteiger partial charge in [-0.25, -0.2) is 0 Å². The largest absolute Gasteiger partial charge is 0.461 e. The van der Waals surface area contributed by atoms with Crippen LogP contribution in [-0.2, 0) is 31.2 Å². The summed E-state index contributed by atoms with van der Waals surface area (Å²) in [4.78, 5) is 28.6. The highest BCUT2D eigenvalue weighted by atomic mass is 16.6. The Bertz CT molecular complexity index is 1470. The second-order valence-electron chi connectivity index (χ2n) is 10.3. The molecule has 2 saturated heterocycles. The third kappa shape index (κ3) is 3.35. The van der Waals surface area contributed by atoms with Gasteiger partial charge >= 0.3 is 11.9 Å². The minimum Gasteiger partial charge on any atom is -0.461 e. The lowest BCUT2D eigenvalue weighted by Gasteiger charge is -2.44. The highest BCUT2D eigenvalue weighted by Crippen LogP contribution is 2.57. The molecule has 2 fully saturated rings. The molecule has 0 radical (unpaired) electrons. The Morgan fingerprint density at radius 3 is 2.05 bits per heavy atom. The van der Waals surface area contributed by atoms with E-state index in [1.165, 1.54) is 0 Å². The van der Waals surface area contributed by atoms with Crippen molar-refractivity contribution in [1.29, 1.82) is 0 Å². The summed E-state index contributed by atoms with van der Waals surface area (Å²) >= 11 is 0. The van der Waals surface area contributed by atoms with Crippen LogP contribution in [0.15, 0.2) is 109 Å². The molecular formula is C33H27NO4. The molecule has 0 unspecified atom stereocenters. The van der Waals surface area contributed by atoms with Gasteiger partial charge in [-0.1, -0.05) is 109 Å². The molecule has 2 heterocycles. The quantitative estimate of drug-likeness (QED) is 0.347. The number of hydrogen-bond donors (Lipinski definition) is 0. The summed E-state index contributed by atoms with van der Waals surface area (Å²) in [6, 6.07) is 36.3. The summed E-state index contributed by atoms with van der Waals surface area (Å²) in [7, 11) is 0. The Morgan fingerprint density at radius 1 is 0.816 bits per heavy atom. The Kier molecular flexibility index (Phi) is 5.41. The zero-order valence-corrected chi connectivity index (χ0v) is 20.8. The fourth-order valence-corrected chi connectivity index (χ4v) is 6.79. The first-order chi connectivity index (χ1) is 18.7. The highest BCUT2D eigenvalue weighted by Gasteiger charge is 2.61. The van der Waals surface area contributed by atoms with Gasteiger partial charge in [0.25, 0.3) is 0 Å². The van der Waals surface area contributed by atoms with Crippen molar-refractivity contribution in [2.45, 2.75) is 30.7 Å². The van der Waals surface area contributed by atoms with Crippen molar-refractivity contribution < 1.29 is 19.1 Å². The number of ether oxygens (including phenoxy) is 2. The molecule has 188 valence electrons. The van der Waals surface area contributed by atoms with E-state index in [0.717, 1.165) is 33.4 Å². The molecule has 5 nitrogen and oxygen atoms in total. The van der Waals surface area contributed by atoms with Crippen LogP contribution in [0.3, 0.4) is 0 Å². The summed E-state index contributed by atoms with van der Waals surface area (Å²) < 4.78 is 11.7. The van der Waals surface area contributed by atoms with Crippen LogP contribution in [0.25, 0.3) is 11.1 Å². The lowest BCUT2D eigenvalue weighted by atomic mass is 9.78. The minimum absolute atomic E-state index is 0.182. The molecule has 4 aromatic carbocycles. The Morgan fingerprint density at radius 2 is 1.39 bits per heavy atom. The topological polar surface area (TPSA) is 55.8 Å². The lowest BCUT2D eigenvalue weighted by Crippen LogP contribution is -2.53. The standard InChI is InChI=1S/C33H27NO4/c35-30-19-26-29(38-30)20-34(31(26)32(36)37-21-22-11-3-1-4-12-22)33(23-13-5-2-6-14-23)27-17-9-7-15-24(27)25-16-8-10-18-28(25)33/h1-18,26,29,31H,19-21H2/t26-,29-,31-/m0/s1. The SMILES string of the molecule is O=C1C[C@H]2[C@H](CN(C3(c4ccccc4)c4ccccc4-c4ccccc43)[C@@H]2C(=O)OCc2ccccc2)O1. The first-order valence-electron chi connectivity index (χ1n) is 13.1. The average molecular weight is 502 g/mol. The number of esters is 2. The van der Waals surface area contributed by atoms with E-state index in [4.69, 9.17) is 9.47 Å². The molecule has 0 bridgehead atoms. The van der Waals surface area contributed by atoms with Gasteiger partial charge in [-0.2, -0.15) is 0 Å². The predicted molar refractivity (Wildman–Crippen MR) is 143 cm³/mol. The average Bonchev–Trinajstić information content (AvgIpc) is 3.59. The van der Waals surface area contributed by atoms with E-state index < -0.39 is 11.6 Å². The molecule has 4 aromatic rings. The fourth-order valence-electron chi connectivity index (χ4n) is 6.79. The van der Waals surface area contributed by atoms with Crippen LogP contribution < -0.4 is 0 Å². The summed E-state index contributed by atoms with van der Waals surface area (Å²) in [5.41, 5.74) is 5.82. The van der Waals surface area contributed by atoms with Gasteiger partial charge in [0.2, 0.25) is 0 Å². The van der Waals surface area contributed by atoms with Crippen molar-refractivity contribution in [2.24, 2.45) is 5.92 Å². The second kappa shape index (κ2) is 8.96. The number of rotatable bonds is 5. The van der Waals surface area contributed by atoms with Gasteiger partial charge in [0.15, 0.2) is 0 Å². The number of carbonyl (C=O) groups excluding carboxylic acids is 2. The number of hydrogen-bond acceptors (Lipinski definition) is 5. The van der Waals surface area contributed by atoms with Crippen LogP contribution >= 0.6 is 0 Å². The maximum Gasteiger partial charge on any atom is 0.324 e. The molecule has 0 saturated carbocycles. The Balaban J connectivity index is 1.40. The zero-order chi connectivity index (χ0) is 25.7. The van der Waals surface area contributed by atoms with Gasteiger partial charge in [-0.3, -0.25) is 14.5 Å². The van der Waals surface area contributed by atoms with Crippen LogP contribution in [0.1, 0.15) is 28.7 Å². The van der Waals surface area contributed by atoms with Crippen molar-refractivity contribution in [2.75, 3.05) is 6.54 Å². The van der Waals surface area contributed by atoms with Crippen molar-refractivity contribution in [3.8, 4) is 11.1 Å². The van der Waals surface area contributed by atoms with Crippen molar-refractivity contribution >= 4 is 11.9 Å². The molecule has 0 amide bonds. The number of fused-ring (bicyclic) bond motifs is 4. The van der Waals surface area contributed by atoms with Crippen molar-refractivity contribution in [1.82, 2.24) is 4.90 Å². The third-order valence-electron chi connectivity index (χ3n) is 8.29. The molecule has 3 aliphatic rings. The molecule has 0 aromatic heterocycles. The minimum atomic E-state index is -0.734. The van der Waals surface area contributed by atoms with E-state index in [9.17, 15) is 9.59 Å². The van der Waals surface area contributed by atoms with E-state index in [-0.39, 0.29) is 37.0 Å². The summed E-state index contributed by atoms with van der Waals surface area (Å²) in [6.07, 6.45) is -0.155. The molecule has 0 spiro atoms. The van der Waals surface area contributed by atoms with Crippen LogP contribution in [0, 0.1) is 5.92 Å². The maximum absolute atomic E-state index is 14.0. The molecule has 0 N–H and O–H groups in total. The van der Waals surface area contributed by atoms with Crippen LogP contribution in [-0.4, -0.2) is 35.5 Å². The molecule has 3 atom stereocenters. The summed E-state index contributed by atoms with van der Waals surface area (Å²) in [5.74, 6) is -0.843. The van der Waals surface area contributed by atoms with E-state index in [0.29, 0.717) is 6.54 Å². The van der Waals surface area contributed by atoms with Gasteiger partial charge in [0.05, 0.1) is 12.0 Å². The number of nitrogens with zero attached hydrogens (tertiary/aromatic N) is 1. The Hall–Kier alpha value is -4.22. The number of benzene rings is 4. The van der Waals surface area contributed by atoms with Crippen LogP contribution in [0.5, 0.6) is 0 Å². The number of likely N-dealkylation sites (tertiary alicyclic amines) is 1. The van der Waals surface area contributed by atoms with E-state index in [1.807, 2.05) is 48.5 Å². The van der Waals surface area contributed by atoms with Crippen LogP contribution in [0.2, 0.25) is 0 Å². The van der Waals surface area contributed by atoms with Gasteiger partial charge in [-0.05, 0) is 33.4 Å². The zero-order valence-electron chi connectivity index (χ0n) is 20.8. The summed E-state index contributed by atoms with van der Waals surface area (Å²) in [5, 5.41) is 0. The van der Waals surface area contributed by atoms with E-state index >= 15 is 0 Å². The van der Waals surface area contributed by atoms with Crippen molar-refractivity contribution in [3.63, 3.8) is 0 Å². The smallest absolute Gasteiger partial charge is 0.324 e. The van der Waals surface area contributed by atoms with Gasteiger partial charge in [0.1, 0.15) is 18.8 Å². The lowest BCUT2D eigenvalue weighted by molar-refractivity contribution is -0.153. The van der Waals surface area contributed by atoms with Gasteiger partial charge < -0.3 is 9.47 Å². The van der Waals surface area contributed by atoms with Gasteiger partial charge in [0, 0.05) is 12.5 Å². The first kappa shape index (κ1) is 22.9. The monoisotopic (exact) mass is 501 g/mol. The molecule has 2 aliphatic heterocycles. The fraction of sp³-hybridized carbons (Fsp3) is 0.212. The second-order valence-corrected chi connectivity index (χ2v) is 10.3. The third-order valence-corrected chi connectivity index (χ3v) is 8.29. The maximum atomic E-state index is 14.0. The first-order valence-corrected chi connectivity index (χ1v) is 13.1. The van der Waals surface area contributed by atoms with Crippen molar-refractivity contribution in [3.05, 3.63) is 131 Å². The van der Waals surface area contributed by atoms with Crippen LogP contribution in [0.4, 0.5) is 0 Å². The molecule has 38 heavy (non-hydrogen) atoms. The predicted octanol–water partition coefficient (Wildman–Crippen LogP) is 5.32. The Labute approximate surface area is 221 Å². The van der Waals surface area contributed by atoms with Gasteiger partial charge in [-0.15, -0.1) is 0 Å².